The smallest absolute Gasteiger partial charge is 0.0472 e. The Morgan fingerprint density at radius 3 is 2.61 bits per heavy atom. The van der Waals surface area contributed by atoms with Crippen LogP contribution in [0.5, 0.6) is 0 Å². The topological polar surface area (TPSA) is 24.5 Å². The maximum atomic E-state index is 5.57. The zero-order chi connectivity index (χ0) is 13.0. The van der Waals surface area contributed by atoms with Gasteiger partial charge in [0, 0.05) is 38.4 Å². The van der Waals surface area contributed by atoms with Crippen LogP contribution in [0.2, 0.25) is 0 Å². The normalized spacial score (nSPS) is 32.8. The molecule has 0 aromatic carbocycles. The summed E-state index contributed by atoms with van der Waals surface area (Å²) in [4.78, 5) is 2.78. The van der Waals surface area contributed by atoms with Crippen molar-refractivity contribution in [2.45, 2.75) is 58.0 Å². The molecule has 3 nitrogen and oxygen atoms in total. The summed E-state index contributed by atoms with van der Waals surface area (Å²) in [5.41, 5.74) is 0.443. The van der Waals surface area contributed by atoms with Crippen molar-refractivity contribution >= 4 is 0 Å². The maximum absolute atomic E-state index is 5.57. The Balaban J connectivity index is 2.02. The molecule has 0 amide bonds. The van der Waals surface area contributed by atoms with Crippen molar-refractivity contribution in [2.75, 3.05) is 33.4 Å². The number of nitrogens with zero attached hydrogens (tertiary/aromatic N) is 1. The molecule has 0 aliphatic carbocycles. The van der Waals surface area contributed by atoms with Crippen LogP contribution in [0.1, 0.15) is 46.0 Å². The third-order valence-electron chi connectivity index (χ3n) is 5.05. The van der Waals surface area contributed by atoms with Gasteiger partial charge in [-0.3, -0.25) is 4.90 Å². The van der Waals surface area contributed by atoms with Crippen molar-refractivity contribution in [2.24, 2.45) is 5.41 Å². The van der Waals surface area contributed by atoms with Crippen molar-refractivity contribution in [3.8, 4) is 0 Å². The van der Waals surface area contributed by atoms with E-state index in [0.29, 0.717) is 5.41 Å². The SMILES string of the molecule is CCC1CCC(C)N1CC1(CNC)CCOCC1. The standard InChI is InChI=1S/C15H30N2O/c1-4-14-6-5-13(2)17(14)12-15(11-16-3)7-9-18-10-8-15/h13-14,16H,4-12H2,1-3H3. The summed E-state index contributed by atoms with van der Waals surface area (Å²) in [5.74, 6) is 0. The number of hydrogen-bond acceptors (Lipinski definition) is 3. The Kier molecular flexibility index (Phi) is 5.05. The fraction of sp³-hybridized carbons (Fsp3) is 1.00. The molecule has 0 saturated carbocycles. The second kappa shape index (κ2) is 6.36. The summed E-state index contributed by atoms with van der Waals surface area (Å²) in [6.07, 6.45) is 6.51. The van der Waals surface area contributed by atoms with Gasteiger partial charge in [-0.15, -0.1) is 0 Å². The number of rotatable bonds is 5. The van der Waals surface area contributed by atoms with E-state index in [2.05, 4.69) is 31.1 Å². The van der Waals surface area contributed by atoms with Gasteiger partial charge in [-0.2, -0.15) is 0 Å². The first-order valence-corrected chi connectivity index (χ1v) is 7.69. The minimum atomic E-state index is 0.443. The molecule has 0 radical (unpaired) electrons. The second-order valence-electron chi connectivity index (χ2n) is 6.30. The fourth-order valence-corrected chi connectivity index (χ4v) is 3.81. The van der Waals surface area contributed by atoms with E-state index < -0.39 is 0 Å². The Hall–Kier alpha value is -0.120. The van der Waals surface area contributed by atoms with Gasteiger partial charge in [0.05, 0.1) is 0 Å². The van der Waals surface area contributed by atoms with Crippen LogP contribution in [-0.4, -0.2) is 50.3 Å². The first-order valence-electron chi connectivity index (χ1n) is 7.69. The number of hydrogen-bond donors (Lipinski definition) is 1. The summed E-state index contributed by atoms with van der Waals surface area (Å²) in [6.45, 7) is 9.03. The van der Waals surface area contributed by atoms with Crippen molar-refractivity contribution in [1.82, 2.24) is 10.2 Å². The largest absolute Gasteiger partial charge is 0.381 e. The van der Waals surface area contributed by atoms with E-state index in [9.17, 15) is 0 Å². The lowest BCUT2D eigenvalue weighted by Gasteiger charge is -2.43. The highest BCUT2D eigenvalue weighted by Crippen LogP contribution is 2.36. The fourth-order valence-electron chi connectivity index (χ4n) is 3.81. The van der Waals surface area contributed by atoms with Crippen LogP contribution in [0.25, 0.3) is 0 Å². The molecular weight excluding hydrogens is 224 g/mol. The minimum Gasteiger partial charge on any atom is -0.381 e. The molecule has 2 saturated heterocycles. The van der Waals surface area contributed by atoms with Gasteiger partial charge in [-0.05, 0) is 51.5 Å². The van der Waals surface area contributed by atoms with Crippen LogP contribution in [0.15, 0.2) is 0 Å². The molecule has 0 bridgehead atoms. The zero-order valence-corrected chi connectivity index (χ0v) is 12.4. The Labute approximate surface area is 112 Å². The first kappa shape index (κ1) is 14.3. The molecule has 18 heavy (non-hydrogen) atoms. The van der Waals surface area contributed by atoms with Crippen molar-refractivity contribution in [3.63, 3.8) is 0 Å². The summed E-state index contributed by atoms with van der Waals surface area (Å²) in [5, 5.41) is 3.42. The van der Waals surface area contributed by atoms with E-state index in [0.717, 1.165) is 31.8 Å². The van der Waals surface area contributed by atoms with Gasteiger partial charge in [0.1, 0.15) is 0 Å². The van der Waals surface area contributed by atoms with E-state index >= 15 is 0 Å². The molecule has 2 fully saturated rings. The molecular formula is C15H30N2O. The van der Waals surface area contributed by atoms with Crippen LogP contribution < -0.4 is 5.32 Å². The van der Waals surface area contributed by atoms with E-state index in [-0.39, 0.29) is 0 Å². The van der Waals surface area contributed by atoms with Gasteiger partial charge < -0.3 is 10.1 Å². The molecule has 2 aliphatic rings. The lowest BCUT2D eigenvalue weighted by Crippen LogP contribution is -2.49. The van der Waals surface area contributed by atoms with Crippen LogP contribution in [0.4, 0.5) is 0 Å². The molecule has 2 unspecified atom stereocenters. The van der Waals surface area contributed by atoms with Crippen LogP contribution in [0.3, 0.4) is 0 Å². The first-order chi connectivity index (χ1) is 8.71. The number of ether oxygens (including phenoxy) is 1. The number of nitrogens with one attached hydrogen (secondary N) is 1. The predicted octanol–water partition coefficient (Wildman–Crippen LogP) is 2.27. The molecule has 2 atom stereocenters. The summed E-state index contributed by atoms with van der Waals surface area (Å²) in [6, 6.07) is 1.59. The van der Waals surface area contributed by atoms with Gasteiger partial charge in [0.15, 0.2) is 0 Å². The van der Waals surface area contributed by atoms with Crippen LogP contribution >= 0.6 is 0 Å². The molecule has 0 aromatic heterocycles. The summed E-state index contributed by atoms with van der Waals surface area (Å²) in [7, 11) is 2.09. The molecule has 0 spiro atoms. The van der Waals surface area contributed by atoms with Gasteiger partial charge >= 0.3 is 0 Å². The van der Waals surface area contributed by atoms with Gasteiger partial charge in [0.25, 0.3) is 0 Å². The van der Waals surface area contributed by atoms with E-state index in [1.165, 1.54) is 38.6 Å². The molecule has 2 aliphatic heterocycles. The monoisotopic (exact) mass is 254 g/mol. The lowest BCUT2D eigenvalue weighted by molar-refractivity contribution is -0.0116. The third-order valence-corrected chi connectivity index (χ3v) is 5.05. The molecule has 2 rings (SSSR count). The molecule has 106 valence electrons. The van der Waals surface area contributed by atoms with E-state index in [4.69, 9.17) is 4.74 Å². The quantitative estimate of drug-likeness (QED) is 0.814. The van der Waals surface area contributed by atoms with E-state index in [1.807, 2.05) is 0 Å². The van der Waals surface area contributed by atoms with Gasteiger partial charge in [-0.25, -0.2) is 0 Å². The predicted molar refractivity (Wildman–Crippen MR) is 75.9 cm³/mol. The molecule has 1 N–H and O–H groups in total. The Morgan fingerprint density at radius 1 is 1.28 bits per heavy atom. The zero-order valence-electron chi connectivity index (χ0n) is 12.4. The van der Waals surface area contributed by atoms with Crippen molar-refractivity contribution in [3.05, 3.63) is 0 Å². The van der Waals surface area contributed by atoms with Crippen molar-refractivity contribution < 1.29 is 4.74 Å². The van der Waals surface area contributed by atoms with Crippen LogP contribution in [0, 0.1) is 5.41 Å². The third kappa shape index (κ3) is 3.06. The van der Waals surface area contributed by atoms with Gasteiger partial charge in [-0.1, -0.05) is 6.92 Å². The average molecular weight is 254 g/mol. The van der Waals surface area contributed by atoms with E-state index in [1.54, 1.807) is 0 Å². The number of likely N-dealkylation sites (tertiary alicyclic amines) is 1. The Morgan fingerprint density at radius 2 is 2.00 bits per heavy atom. The molecule has 3 heteroatoms. The summed E-state index contributed by atoms with van der Waals surface area (Å²) >= 11 is 0. The second-order valence-corrected chi connectivity index (χ2v) is 6.30. The van der Waals surface area contributed by atoms with Gasteiger partial charge in [0.2, 0.25) is 0 Å². The maximum Gasteiger partial charge on any atom is 0.0472 e. The molecule has 0 aromatic rings. The van der Waals surface area contributed by atoms with Crippen molar-refractivity contribution in [1.29, 1.82) is 0 Å². The highest BCUT2D eigenvalue weighted by atomic mass is 16.5. The highest BCUT2D eigenvalue weighted by molar-refractivity contribution is 4.93. The van der Waals surface area contributed by atoms with Crippen LogP contribution in [-0.2, 0) is 4.74 Å². The minimum absolute atomic E-state index is 0.443. The summed E-state index contributed by atoms with van der Waals surface area (Å²) < 4.78 is 5.57. The highest BCUT2D eigenvalue weighted by Gasteiger charge is 2.39. The molecule has 2 heterocycles. The Bertz CT molecular complexity index is 245. The lowest BCUT2D eigenvalue weighted by atomic mass is 9.79. The average Bonchev–Trinajstić information content (AvgIpc) is 2.72.